The minimum atomic E-state index is 0.0659. The van der Waals surface area contributed by atoms with Crippen molar-refractivity contribution in [1.29, 1.82) is 0 Å². The molecule has 2 N–H and O–H groups in total. The lowest BCUT2D eigenvalue weighted by Gasteiger charge is -2.08. The number of anilines is 1. The zero-order valence-corrected chi connectivity index (χ0v) is 17.2. The van der Waals surface area contributed by atoms with Crippen molar-refractivity contribution in [3.63, 3.8) is 0 Å². The molecular formula is C23H22N4O3. The third kappa shape index (κ3) is 3.96. The summed E-state index contributed by atoms with van der Waals surface area (Å²) < 4.78 is 11.3. The first-order chi connectivity index (χ1) is 14.4. The number of phenols is 1. The first kappa shape index (κ1) is 19.4. The summed E-state index contributed by atoms with van der Waals surface area (Å²) in [7, 11) is 1.51. The Kier molecular flexibility index (Phi) is 5.10. The van der Waals surface area contributed by atoms with E-state index in [9.17, 15) is 5.11 Å². The molecule has 7 heteroatoms. The van der Waals surface area contributed by atoms with Crippen LogP contribution < -0.4 is 15.5 Å². The molecule has 0 atom stereocenters. The van der Waals surface area contributed by atoms with Crippen LogP contribution in [-0.4, -0.2) is 22.2 Å². The molecule has 0 aliphatic rings. The maximum absolute atomic E-state index is 9.90. The van der Waals surface area contributed by atoms with Gasteiger partial charge < -0.3 is 14.3 Å². The van der Waals surface area contributed by atoms with E-state index in [1.165, 1.54) is 7.11 Å². The van der Waals surface area contributed by atoms with Crippen molar-refractivity contribution in [2.75, 3.05) is 12.5 Å². The molecule has 0 amide bonds. The van der Waals surface area contributed by atoms with E-state index in [4.69, 9.17) is 9.15 Å². The summed E-state index contributed by atoms with van der Waals surface area (Å²) >= 11 is 0. The molecule has 4 aromatic rings. The number of hydrogen-bond donors (Lipinski definition) is 2. The van der Waals surface area contributed by atoms with Crippen molar-refractivity contribution < 1.29 is 14.3 Å². The fraction of sp³-hybridized carbons (Fsp3) is 0.174. The van der Waals surface area contributed by atoms with Gasteiger partial charge in [-0.25, -0.2) is 15.4 Å². The quantitative estimate of drug-likeness (QED) is 0.490. The summed E-state index contributed by atoms with van der Waals surface area (Å²) in [5, 5.41) is 16.0. The molecule has 0 saturated carbocycles. The topological polar surface area (TPSA) is 92.8 Å². The Morgan fingerprint density at radius 3 is 2.47 bits per heavy atom. The summed E-state index contributed by atoms with van der Waals surface area (Å²) in [4.78, 5) is 8.75. The number of methoxy groups -OCH3 is 1. The molecule has 0 bridgehead atoms. The zero-order valence-electron chi connectivity index (χ0n) is 17.2. The molecule has 0 spiro atoms. The van der Waals surface area contributed by atoms with Gasteiger partial charge in [0.1, 0.15) is 11.3 Å². The van der Waals surface area contributed by atoms with Gasteiger partial charge in [0.25, 0.3) is 0 Å². The van der Waals surface area contributed by atoms with Gasteiger partial charge in [0, 0.05) is 28.4 Å². The van der Waals surface area contributed by atoms with E-state index in [2.05, 4.69) is 20.5 Å². The van der Waals surface area contributed by atoms with Gasteiger partial charge in [0.05, 0.1) is 12.5 Å². The average molecular weight is 402 g/mol. The molecule has 7 nitrogen and oxygen atoms in total. The third-order valence-corrected chi connectivity index (χ3v) is 4.62. The third-order valence-electron chi connectivity index (χ3n) is 4.62. The first-order valence-corrected chi connectivity index (χ1v) is 9.47. The lowest BCUT2D eigenvalue weighted by molar-refractivity contribution is 0.373. The standard InChI is InChI=1S/C23H22N4O3/c1-13-5-8-20-17(9-13)18(26-27-23-24-14(2)10-15(3)25-23)12-21(30-20)16-6-7-19(28)22(11-16)29-4/h5-12,28H,1-4H3,(H,24,25,27)/b26-18+. The number of nitrogens with zero attached hydrogens (tertiary/aromatic N) is 3. The van der Waals surface area contributed by atoms with Crippen LogP contribution in [0.25, 0.3) is 22.3 Å². The van der Waals surface area contributed by atoms with Gasteiger partial charge in [-0.05, 0) is 57.2 Å². The van der Waals surface area contributed by atoms with E-state index in [1.807, 2.05) is 51.1 Å². The molecule has 2 aromatic heterocycles. The molecule has 0 unspecified atom stereocenters. The molecule has 2 aromatic carbocycles. The predicted molar refractivity (Wildman–Crippen MR) is 115 cm³/mol. The molecule has 0 radical (unpaired) electrons. The maximum atomic E-state index is 9.90. The molecule has 0 fully saturated rings. The number of hydrogen-bond acceptors (Lipinski definition) is 7. The van der Waals surface area contributed by atoms with Crippen molar-refractivity contribution in [1.82, 2.24) is 9.97 Å². The second kappa shape index (κ2) is 7.87. The molecule has 0 aliphatic heterocycles. The number of aryl methyl sites for hydroxylation is 3. The Morgan fingerprint density at radius 1 is 0.967 bits per heavy atom. The first-order valence-electron chi connectivity index (χ1n) is 9.47. The van der Waals surface area contributed by atoms with Gasteiger partial charge in [-0.15, -0.1) is 0 Å². The molecule has 2 heterocycles. The lowest BCUT2D eigenvalue weighted by atomic mass is 10.1. The number of aromatic nitrogens is 2. The van der Waals surface area contributed by atoms with Crippen LogP contribution >= 0.6 is 0 Å². The molecule has 30 heavy (non-hydrogen) atoms. The van der Waals surface area contributed by atoms with Crippen molar-refractivity contribution >= 4 is 16.9 Å². The molecule has 4 rings (SSSR count). The highest BCUT2D eigenvalue weighted by Gasteiger charge is 2.10. The minimum absolute atomic E-state index is 0.0659. The fourth-order valence-corrected chi connectivity index (χ4v) is 3.23. The van der Waals surface area contributed by atoms with Gasteiger partial charge in [-0.1, -0.05) is 11.6 Å². The summed E-state index contributed by atoms with van der Waals surface area (Å²) in [5.74, 6) is 1.46. The van der Waals surface area contributed by atoms with E-state index in [-0.39, 0.29) is 5.75 Å². The number of phenolic OH excluding ortho intramolecular Hbond substituents is 1. The van der Waals surface area contributed by atoms with Crippen LogP contribution in [-0.2, 0) is 0 Å². The Balaban J connectivity index is 1.87. The van der Waals surface area contributed by atoms with E-state index < -0.39 is 0 Å². The van der Waals surface area contributed by atoms with Gasteiger partial charge in [-0.3, -0.25) is 0 Å². The monoisotopic (exact) mass is 402 g/mol. The SMILES string of the molecule is COc1cc(-c2c/c(=N\Nc3nc(C)cc(C)n3)c3cc(C)ccc3o2)ccc1O. The van der Waals surface area contributed by atoms with Gasteiger partial charge in [-0.2, -0.15) is 5.10 Å². The van der Waals surface area contributed by atoms with E-state index in [1.54, 1.807) is 18.2 Å². The fourth-order valence-electron chi connectivity index (χ4n) is 3.23. The molecule has 152 valence electrons. The Labute approximate surface area is 173 Å². The van der Waals surface area contributed by atoms with Crippen molar-refractivity contribution in [3.05, 3.63) is 70.8 Å². The Bertz CT molecular complexity index is 1290. The number of aromatic hydroxyl groups is 1. The zero-order chi connectivity index (χ0) is 21.3. The highest BCUT2D eigenvalue weighted by molar-refractivity contribution is 5.79. The molecular weight excluding hydrogens is 380 g/mol. The summed E-state index contributed by atoms with van der Waals surface area (Å²) in [6.45, 7) is 5.84. The van der Waals surface area contributed by atoms with Crippen LogP contribution in [0.4, 0.5) is 5.95 Å². The largest absolute Gasteiger partial charge is 0.504 e. The van der Waals surface area contributed by atoms with Crippen LogP contribution in [0, 0.1) is 20.8 Å². The minimum Gasteiger partial charge on any atom is -0.504 e. The Morgan fingerprint density at radius 2 is 1.73 bits per heavy atom. The second-order valence-electron chi connectivity index (χ2n) is 7.08. The normalized spacial score (nSPS) is 11.7. The lowest BCUT2D eigenvalue weighted by Crippen LogP contribution is -2.09. The van der Waals surface area contributed by atoms with Crippen molar-refractivity contribution in [3.8, 4) is 22.8 Å². The Hall–Kier alpha value is -3.87. The highest BCUT2D eigenvalue weighted by Crippen LogP contribution is 2.32. The number of fused-ring (bicyclic) bond motifs is 1. The van der Waals surface area contributed by atoms with Crippen LogP contribution in [0.3, 0.4) is 0 Å². The maximum Gasteiger partial charge on any atom is 0.243 e. The van der Waals surface area contributed by atoms with Crippen LogP contribution in [0.1, 0.15) is 17.0 Å². The van der Waals surface area contributed by atoms with Crippen LogP contribution in [0.15, 0.2) is 58.0 Å². The van der Waals surface area contributed by atoms with Crippen LogP contribution in [0.5, 0.6) is 11.5 Å². The van der Waals surface area contributed by atoms with E-state index in [0.29, 0.717) is 28.4 Å². The van der Waals surface area contributed by atoms with E-state index in [0.717, 1.165) is 27.9 Å². The number of benzene rings is 2. The number of nitrogens with one attached hydrogen (secondary N) is 1. The summed E-state index contributed by atoms with van der Waals surface area (Å²) in [5.41, 5.74) is 7.22. The number of ether oxygens (including phenoxy) is 1. The van der Waals surface area contributed by atoms with Crippen LogP contribution in [0.2, 0.25) is 0 Å². The average Bonchev–Trinajstić information content (AvgIpc) is 2.71. The van der Waals surface area contributed by atoms with Gasteiger partial charge >= 0.3 is 0 Å². The number of rotatable bonds is 4. The molecule has 0 saturated heterocycles. The van der Waals surface area contributed by atoms with E-state index >= 15 is 0 Å². The van der Waals surface area contributed by atoms with Gasteiger partial charge in [0.15, 0.2) is 11.5 Å². The molecule has 0 aliphatic carbocycles. The summed E-state index contributed by atoms with van der Waals surface area (Å²) in [6, 6.07) is 14.7. The summed E-state index contributed by atoms with van der Waals surface area (Å²) in [6.07, 6.45) is 0. The smallest absolute Gasteiger partial charge is 0.243 e. The predicted octanol–water partition coefficient (Wildman–Crippen LogP) is 4.46. The van der Waals surface area contributed by atoms with Crippen molar-refractivity contribution in [2.24, 2.45) is 5.10 Å². The van der Waals surface area contributed by atoms with Gasteiger partial charge in [0.2, 0.25) is 5.95 Å². The second-order valence-corrected chi connectivity index (χ2v) is 7.08. The van der Waals surface area contributed by atoms with Crippen molar-refractivity contribution in [2.45, 2.75) is 20.8 Å². The highest BCUT2D eigenvalue weighted by atomic mass is 16.5.